The van der Waals surface area contributed by atoms with Crippen molar-refractivity contribution in [3.63, 3.8) is 0 Å². The number of carbonyl (C=O) groups is 3. The quantitative estimate of drug-likeness (QED) is 0.415. The standard InChI is InChI=1S/C24H24N4O6/c1-25-24(31)20-13-18(10-11-26-20)34-16-6-4-15(5-7-16)27-22(29)14-23(30)28-19-12-17(32-2)8-9-21(19)33-3/h4-13H,14H2,1-3H3,(H,25,31)(H,27,29)(H,28,30). The van der Waals surface area contributed by atoms with E-state index in [1.54, 1.807) is 48.5 Å². The summed E-state index contributed by atoms with van der Waals surface area (Å²) in [6, 6.07) is 14.7. The van der Waals surface area contributed by atoms with E-state index in [2.05, 4.69) is 20.9 Å². The number of hydrogen-bond donors (Lipinski definition) is 3. The molecule has 0 fully saturated rings. The van der Waals surface area contributed by atoms with Crippen LogP contribution in [-0.2, 0) is 9.59 Å². The molecule has 0 bridgehead atoms. The molecule has 3 amide bonds. The van der Waals surface area contributed by atoms with E-state index in [9.17, 15) is 14.4 Å². The Kier molecular flexibility index (Phi) is 8.01. The summed E-state index contributed by atoms with van der Waals surface area (Å²) < 4.78 is 16.1. The molecule has 0 atom stereocenters. The average Bonchev–Trinajstić information content (AvgIpc) is 2.84. The smallest absolute Gasteiger partial charge is 0.269 e. The third-order valence-corrected chi connectivity index (χ3v) is 4.57. The van der Waals surface area contributed by atoms with Crippen LogP contribution in [0.2, 0.25) is 0 Å². The van der Waals surface area contributed by atoms with Crippen molar-refractivity contribution in [2.24, 2.45) is 0 Å². The van der Waals surface area contributed by atoms with Crippen LogP contribution < -0.4 is 30.2 Å². The monoisotopic (exact) mass is 464 g/mol. The van der Waals surface area contributed by atoms with Crippen molar-refractivity contribution >= 4 is 29.1 Å². The van der Waals surface area contributed by atoms with Gasteiger partial charge in [0, 0.05) is 31.1 Å². The molecular weight excluding hydrogens is 440 g/mol. The molecule has 0 aliphatic carbocycles. The molecule has 1 aromatic heterocycles. The first-order valence-electron chi connectivity index (χ1n) is 10.2. The van der Waals surface area contributed by atoms with Crippen LogP contribution in [0.15, 0.2) is 60.8 Å². The van der Waals surface area contributed by atoms with Crippen molar-refractivity contribution in [2.45, 2.75) is 6.42 Å². The summed E-state index contributed by atoms with van der Waals surface area (Å²) in [4.78, 5) is 40.3. The molecule has 176 valence electrons. The number of benzene rings is 2. The van der Waals surface area contributed by atoms with E-state index < -0.39 is 18.2 Å². The Labute approximate surface area is 196 Å². The number of ether oxygens (including phenoxy) is 3. The minimum absolute atomic E-state index is 0.230. The Morgan fingerprint density at radius 2 is 1.53 bits per heavy atom. The molecule has 3 rings (SSSR count). The number of aromatic nitrogens is 1. The van der Waals surface area contributed by atoms with Crippen molar-refractivity contribution in [2.75, 3.05) is 31.9 Å². The zero-order valence-electron chi connectivity index (χ0n) is 18.9. The lowest BCUT2D eigenvalue weighted by atomic mass is 10.2. The molecule has 34 heavy (non-hydrogen) atoms. The minimum atomic E-state index is -0.506. The maximum atomic E-state index is 12.3. The Morgan fingerprint density at radius 3 is 2.21 bits per heavy atom. The summed E-state index contributed by atoms with van der Waals surface area (Å²) in [6.45, 7) is 0. The maximum absolute atomic E-state index is 12.3. The Bertz CT molecular complexity index is 1180. The van der Waals surface area contributed by atoms with Crippen molar-refractivity contribution in [3.05, 3.63) is 66.5 Å². The van der Waals surface area contributed by atoms with Crippen LogP contribution in [-0.4, -0.2) is 44.0 Å². The van der Waals surface area contributed by atoms with Gasteiger partial charge in [0.2, 0.25) is 11.8 Å². The van der Waals surface area contributed by atoms with Crippen LogP contribution in [0.5, 0.6) is 23.0 Å². The molecule has 10 nitrogen and oxygen atoms in total. The number of carbonyl (C=O) groups excluding carboxylic acids is 3. The fourth-order valence-corrected chi connectivity index (χ4v) is 2.93. The Morgan fingerprint density at radius 1 is 0.824 bits per heavy atom. The summed E-state index contributed by atoms with van der Waals surface area (Å²) in [5.74, 6) is 0.606. The van der Waals surface area contributed by atoms with E-state index in [0.29, 0.717) is 34.4 Å². The molecular formula is C24H24N4O6. The summed E-state index contributed by atoms with van der Waals surface area (Å²) in [5, 5.41) is 7.80. The molecule has 2 aromatic carbocycles. The van der Waals surface area contributed by atoms with Crippen LogP contribution in [0.3, 0.4) is 0 Å². The van der Waals surface area contributed by atoms with Gasteiger partial charge in [0.1, 0.15) is 35.1 Å². The second-order valence-electron chi connectivity index (χ2n) is 6.92. The van der Waals surface area contributed by atoms with Gasteiger partial charge in [-0.05, 0) is 42.5 Å². The highest BCUT2D eigenvalue weighted by Gasteiger charge is 2.14. The number of nitrogens with one attached hydrogen (secondary N) is 3. The molecule has 0 unspecified atom stereocenters. The lowest BCUT2D eigenvalue weighted by Gasteiger charge is -2.12. The van der Waals surface area contributed by atoms with Crippen molar-refractivity contribution < 1.29 is 28.6 Å². The van der Waals surface area contributed by atoms with Gasteiger partial charge in [-0.2, -0.15) is 0 Å². The van der Waals surface area contributed by atoms with E-state index in [4.69, 9.17) is 14.2 Å². The van der Waals surface area contributed by atoms with E-state index in [0.717, 1.165) is 0 Å². The summed E-state index contributed by atoms with van der Waals surface area (Å²) in [7, 11) is 4.51. The molecule has 3 N–H and O–H groups in total. The minimum Gasteiger partial charge on any atom is -0.497 e. The molecule has 0 radical (unpaired) electrons. The highest BCUT2D eigenvalue weighted by molar-refractivity contribution is 6.08. The van der Waals surface area contributed by atoms with Gasteiger partial charge in [-0.1, -0.05) is 0 Å². The van der Waals surface area contributed by atoms with Crippen molar-refractivity contribution in [3.8, 4) is 23.0 Å². The number of amides is 3. The van der Waals surface area contributed by atoms with E-state index in [-0.39, 0.29) is 11.6 Å². The zero-order valence-corrected chi connectivity index (χ0v) is 18.9. The van der Waals surface area contributed by atoms with Gasteiger partial charge in [0.15, 0.2) is 0 Å². The van der Waals surface area contributed by atoms with Gasteiger partial charge in [-0.3, -0.25) is 19.4 Å². The SMILES string of the molecule is CNC(=O)c1cc(Oc2ccc(NC(=O)CC(=O)Nc3cc(OC)ccc3OC)cc2)ccn1. The van der Waals surface area contributed by atoms with Gasteiger partial charge in [-0.25, -0.2) is 0 Å². The number of nitrogens with zero attached hydrogens (tertiary/aromatic N) is 1. The second kappa shape index (κ2) is 11.3. The van der Waals surface area contributed by atoms with Crippen LogP contribution >= 0.6 is 0 Å². The van der Waals surface area contributed by atoms with Crippen LogP contribution in [0.1, 0.15) is 16.9 Å². The first kappa shape index (κ1) is 24.1. The van der Waals surface area contributed by atoms with Gasteiger partial charge >= 0.3 is 0 Å². The molecule has 0 saturated carbocycles. The molecule has 0 saturated heterocycles. The second-order valence-corrected chi connectivity index (χ2v) is 6.92. The zero-order chi connectivity index (χ0) is 24.5. The van der Waals surface area contributed by atoms with Gasteiger partial charge in [0.05, 0.1) is 19.9 Å². The predicted octanol–water partition coefficient (Wildman–Crippen LogP) is 3.22. The predicted molar refractivity (Wildman–Crippen MR) is 126 cm³/mol. The average molecular weight is 464 g/mol. The Balaban J connectivity index is 1.56. The van der Waals surface area contributed by atoms with Crippen LogP contribution in [0, 0.1) is 0 Å². The third-order valence-electron chi connectivity index (χ3n) is 4.57. The fourth-order valence-electron chi connectivity index (χ4n) is 2.93. The maximum Gasteiger partial charge on any atom is 0.269 e. The summed E-state index contributed by atoms with van der Waals surface area (Å²) in [5.41, 5.74) is 1.12. The van der Waals surface area contributed by atoms with Crippen LogP contribution in [0.25, 0.3) is 0 Å². The number of anilines is 2. The van der Waals surface area contributed by atoms with Gasteiger partial charge in [0.25, 0.3) is 5.91 Å². The normalized spacial score (nSPS) is 10.1. The van der Waals surface area contributed by atoms with Gasteiger partial charge < -0.3 is 30.2 Å². The molecule has 0 aliphatic heterocycles. The van der Waals surface area contributed by atoms with Crippen molar-refractivity contribution in [1.82, 2.24) is 10.3 Å². The molecule has 3 aromatic rings. The number of rotatable bonds is 9. The third kappa shape index (κ3) is 6.45. The summed E-state index contributed by atoms with van der Waals surface area (Å²) in [6.07, 6.45) is 1.08. The van der Waals surface area contributed by atoms with E-state index in [1.165, 1.54) is 33.5 Å². The van der Waals surface area contributed by atoms with Crippen LogP contribution in [0.4, 0.5) is 11.4 Å². The van der Waals surface area contributed by atoms with E-state index in [1.807, 2.05) is 0 Å². The Hall–Kier alpha value is -4.60. The molecule has 0 aliphatic rings. The highest BCUT2D eigenvalue weighted by atomic mass is 16.5. The molecule has 0 spiro atoms. The topological polar surface area (TPSA) is 128 Å². The van der Waals surface area contributed by atoms with Gasteiger partial charge in [-0.15, -0.1) is 0 Å². The fraction of sp³-hybridized carbons (Fsp3) is 0.167. The van der Waals surface area contributed by atoms with Crippen molar-refractivity contribution in [1.29, 1.82) is 0 Å². The molecule has 10 heteroatoms. The number of hydrogen-bond acceptors (Lipinski definition) is 7. The lowest BCUT2D eigenvalue weighted by molar-refractivity contribution is -0.123. The first-order valence-corrected chi connectivity index (χ1v) is 10.2. The lowest BCUT2D eigenvalue weighted by Crippen LogP contribution is -2.21. The largest absolute Gasteiger partial charge is 0.497 e. The number of pyridine rings is 1. The first-order chi connectivity index (χ1) is 16.4. The highest BCUT2D eigenvalue weighted by Crippen LogP contribution is 2.29. The van der Waals surface area contributed by atoms with E-state index >= 15 is 0 Å². The number of methoxy groups -OCH3 is 2. The summed E-state index contributed by atoms with van der Waals surface area (Å²) >= 11 is 0. The molecule has 1 heterocycles.